The van der Waals surface area contributed by atoms with Gasteiger partial charge in [-0.2, -0.15) is 0 Å². The maximum absolute atomic E-state index is 12.3. The molecule has 0 aliphatic heterocycles. The van der Waals surface area contributed by atoms with Crippen molar-refractivity contribution in [2.24, 2.45) is 5.41 Å². The van der Waals surface area contributed by atoms with Gasteiger partial charge in [-0.1, -0.05) is 27.2 Å². The summed E-state index contributed by atoms with van der Waals surface area (Å²) in [7, 11) is 0. The standard InChI is InChI=1S/C15H28O5/c1-6-11-12(20-14(17)19-10-5)15(7-2,8-3)13(16)18-9-4/h12H,6-11H2,1-5H3. The Morgan fingerprint density at radius 3 is 1.90 bits per heavy atom. The minimum atomic E-state index is -0.793. The Hall–Kier alpha value is -1.26. The Balaban J connectivity index is 5.20. The van der Waals surface area contributed by atoms with Crippen LogP contribution < -0.4 is 0 Å². The summed E-state index contributed by atoms with van der Waals surface area (Å²) < 4.78 is 15.4. The Labute approximate surface area is 122 Å². The second-order valence-corrected chi connectivity index (χ2v) is 4.66. The minimum absolute atomic E-state index is 0.252. The summed E-state index contributed by atoms with van der Waals surface area (Å²) in [4.78, 5) is 23.9. The molecule has 5 nitrogen and oxygen atoms in total. The fourth-order valence-corrected chi connectivity index (χ4v) is 2.38. The van der Waals surface area contributed by atoms with Gasteiger partial charge in [0.2, 0.25) is 0 Å². The summed E-state index contributed by atoms with van der Waals surface area (Å²) in [6.07, 6.45) is 1.31. The third kappa shape index (κ3) is 4.69. The monoisotopic (exact) mass is 288 g/mol. The van der Waals surface area contributed by atoms with E-state index in [0.29, 0.717) is 25.9 Å². The van der Waals surface area contributed by atoms with Crippen LogP contribution in [0.25, 0.3) is 0 Å². The molecule has 0 fully saturated rings. The summed E-state index contributed by atoms with van der Waals surface area (Å²) in [5.41, 5.74) is -0.793. The van der Waals surface area contributed by atoms with Crippen molar-refractivity contribution >= 4 is 12.1 Å². The molecule has 0 saturated carbocycles. The van der Waals surface area contributed by atoms with Gasteiger partial charge in [-0.25, -0.2) is 4.79 Å². The van der Waals surface area contributed by atoms with Crippen molar-refractivity contribution in [2.45, 2.75) is 66.4 Å². The molecule has 0 spiro atoms. The third-order valence-electron chi connectivity index (χ3n) is 3.61. The zero-order valence-electron chi connectivity index (χ0n) is 13.4. The van der Waals surface area contributed by atoms with Crippen LogP contribution in [0.1, 0.15) is 60.3 Å². The molecule has 0 aliphatic carbocycles. The molecule has 5 heteroatoms. The molecule has 20 heavy (non-hydrogen) atoms. The second-order valence-electron chi connectivity index (χ2n) is 4.66. The van der Waals surface area contributed by atoms with Gasteiger partial charge in [-0.3, -0.25) is 4.79 Å². The number of carbonyl (C=O) groups excluding carboxylic acids is 2. The zero-order valence-corrected chi connectivity index (χ0v) is 13.4. The molecule has 0 heterocycles. The van der Waals surface area contributed by atoms with Gasteiger partial charge < -0.3 is 14.2 Å². The molecular weight excluding hydrogens is 260 g/mol. The zero-order chi connectivity index (χ0) is 15.6. The lowest BCUT2D eigenvalue weighted by Gasteiger charge is -2.36. The van der Waals surface area contributed by atoms with E-state index in [4.69, 9.17) is 14.2 Å². The first-order valence-electron chi connectivity index (χ1n) is 7.52. The van der Waals surface area contributed by atoms with E-state index in [0.717, 1.165) is 6.42 Å². The van der Waals surface area contributed by atoms with Crippen molar-refractivity contribution in [3.05, 3.63) is 0 Å². The van der Waals surface area contributed by atoms with E-state index < -0.39 is 17.7 Å². The van der Waals surface area contributed by atoms with Gasteiger partial charge in [0, 0.05) is 0 Å². The minimum Gasteiger partial charge on any atom is -0.465 e. The van der Waals surface area contributed by atoms with Crippen LogP contribution in [-0.2, 0) is 19.0 Å². The summed E-state index contributed by atoms with van der Waals surface area (Å²) in [6.45, 7) is 9.88. The summed E-state index contributed by atoms with van der Waals surface area (Å²) >= 11 is 0. The van der Waals surface area contributed by atoms with Crippen LogP contribution in [0.3, 0.4) is 0 Å². The molecule has 0 radical (unpaired) electrons. The van der Waals surface area contributed by atoms with Gasteiger partial charge in [0.15, 0.2) is 0 Å². The highest BCUT2D eigenvalue weighted by Gasteiger charge is 2.46. The number of hydrogen-bond acceptors (Lipinski definition) is 5. The summed E-state index contributed by atoms with van der Waals surface area (Å²) in [6, 6.07) is 0. The van der Waals surface area contributed by atoms with Crippen molar-refractivity contribution < 1.29 is 23.8 Å². The molecule has 0 aliphatic rings. The quantitative estimate of drug-likeness (QED) is 0.605. The number of hydrogen-bond donors (Lipinski definition) is 0. The predicted molar refractivity (Wildman–Crippen MR) is 76.5 cm³/mol. The van der Waals surface area contributed by atoms with Gasteiger partial charge in [0.1, 0.15) is 11.5 Å². The lowest BCUT2D eigenvalue weighted by Crippen LogP contribution is -2.45. The molecule has 0 amide bonds. The molecule has 0 aromatic carbocycles. The van der Waals surface area contributed by atoms with E-state index in [1.807, 2.05) is 20.8 Å². The first kappa shape index (κ1) is 18.7. The SMILES string of the molecule is CCCC(OC(=O)OCC)C(CC)(CC)C(=O)OCC. The molecule has 0 rings (SSSR count). The van der Waals surface area contributed by atoms with E-state index >= 15 is 0 Å². The van der Waals surface area contributed by atoms with Crippen molar-refractivity contribution in [1.82, 2.24) is 0 Å². The fourth-order valence-electron chi connectivity index (χ4n) is 2.38. The van der Waals surface area contributed by atoms with Gasteiger partial charge in [-0.15, -0.1) is 0 Å². The normalized spacial score (nSPS) is 12.7. The highest BCUT2D eigenvalue weighted by molar-refractivity contribution is 5.78. The first-order valence-corrected chi connectivity index (χ1v) is 7.52. The summed E-state index contributed by atoms with van der Waals surface area (Å²) in [5, 5.41) is 0. The predicted octanol–water partition coefficient (Wildman–Crippen LogP) is 3.70. The van der Waals surface area contributed by atoms with E-state index in [1.165, 1.54) is 0 Å². The van der Waals surface area contributed by atoms with Crippen LogP contribution in [0, 0.1) is 5.41 Å². The van der Waals surface area contributed by atoms with Gasteiger partial charge in [-0.05, 0) is 33.1 Å². The molecule has 1 atom stereocenters. The molecule has 0 saturated heterocycles. The maximum Gasteiger partial charge on any atom is 0.508 e. The van der Waals surface area contributed by atoms with Crippen LogP contribution in [-0.4, -0.2) is 31.4 Å². The van der Waals surface area contributed by atoms with E-state index in [2.05, 4.69) is 0 Å². The van der Waals surface area contributed by atoms with E-state index in [9.17, 15) is 9.59 Å². The Kier molecular flexibility index (Phi) is 9.01. The molecule has 1 unspecified atom stereocenters. The highest BCUT2D eigenvalue weighted by atomic mass is 16.7. The molecule has 0 N–H and O–H groups in total. The topological polar surface area (TPSA) is 61.8 Å². The van der Waals surface area contributed by atoms with E-state index in [-0.39, 0.29) is 12.6 Å². The molecule has 118 valence electrons. The average molecular weight is 288 g/mol. The number of esters is 1. The van der Waals surface area contributed by atoms with Gasteiger partial charge in [0.05, 0.1) is 13.2 Å². The van der Waals surface area contributed by atoms with Gasteiger partial charge >= 0.3 is 12.1 Å². The smallest absolute Gasteiger partial charge is 0.465 e. The van der Waals surface area contributed by atoms with Crippen molar-refractivity contribution in [2.75, 3.05) is 13.2 Å². The van der Waals surface area contributed by atoms with Crippen LogP contribution in [0.2, 0.25) is 0 Å². The number of rotatable bonds is 9. The van der Waals surface area contributed by atoms with Crippen molar-refractivity contribution in [3.63, 3.8) is 0 Å². The third-order valence-corrected chi connectivity index (χ3v) is 3.61. The molecular formula is C15H28O5. The van der Waals surface area contributed by atoms with Crippen molar-refractivity contribution in [3.8, 4) is 0 Å². The maximum atomic E-state index is 12.3. The first-order chi connectivity index (χ1) is 9.52. The number of carbonyl (C=O) groups is 2. The lowest BCUT2D eigenvalue weighted by atomic mass is 9.75. The van der Waals surface area contributed by atoms with Crippen LogP contribution in [0.5, 0.6) is 0 Å². The van der Waals surface area contributed by atoms with Crippen LogP contribution >= 0.6 is 0 Å². The van der Waals surface area contributed by atoms with Gasteiger partial charge in [0.25, 0.3) is 0 Å². The Bertz CT molecular complexity index is 297. The van der Waals surface area contributed by atoms with Crippen LogP contribution in [0.4, 0.5) is 4.79 Å². The average Bonchev–Trinajstić information content (AvgIpc) is 2.41. The molecule has 0 aromatic heterocycles. The second kappa shape index (κ2) is 9.61. The fraction of sp³-hybridized carbons (Fsp3) is 0.867. The Morgan fingerprint density at radius 2 is 1.50 bits per heavy atom. The Morgan fingerprint density at radius 1 is 0.950 bits per heavy atom. The lowest BCUT2D eigenvalue weighted by molar-refractivity contribution is -0.165. The number of ether oxygens (including phenoxy) is 3. The molecule has 0 bridgehead atoms. The largest absolute Gasteiger partial charge is 0.508 e. The van der Waals surface area contributed by atoms with Crippen LogP contribution in [0.15, 0.2) is 0 Å². The van der Waals surface area contributed by atoms with E-state index in [1.54, 1.807) is 13.8 Å². The highest BCUT2D eigenvalue weighted by Crippen LogP contribution is 2.37. The van der Waals surface area contributed by atoms with Crippen molar-refractivity contribution in [1.29, 1.82) is 0 Å². The molecule has 0 aromatic rings. The summed E-state index contributed by atoms with van der Waals surface area (Å²) in [5.74, 6) is -0.298.